The number of carbonyl (C=O) groups is 1. The number of anilines is 1. The highest BCUT2D eigenvalue weighted by molar-refractivity contribution is 6.23. The average molecular weight is 645 g/mol. The SMILES string of the molecule is CC(C)N(C(=O)C[N+](C)(C)CCCn1c(-c2ccc(N(C)C)cc2)nc2c3ccccc3c3ccccc3c21)C(C)C.[Br-]. The first kappa shape index (κ1) is 32.5. The second kappa shape index (κ2) is 13.1. The van der Waals surface area contributed by atoms with Crippen molar-refractivity contribution in [1.29, 1.82) is 0 Å². The third-order valence-corrected chi connectivity index (χ3v) is 8.37. The summed E-state index contributed by atoms with van der Waals surface area (Å²) in [6, 6.07) is 26.4. The molecule has 0 bridgehead atoms. The molecule has 1 heterocycles. The molecule has 228 valence electrons. The lowest BCUT2D eigenvalue weighted by molar-refractivity contribution is -0.883. The van der Waals surface area contributed by atoms with Gasteiger partial charge in [-0.05, 0) is 62.7 Å². The third kappa shape index (κ3) is 6.58. The van der Waals surface area contributed by atoms with E-state index < -0.39 is 0 Å². The van der Waals surface area contributed by atoms with Gasteiger partial charge in [0.2, 0.25) is 0 Å². The van der Waals surface area contributed by atoms with E-state index in [9.17, 15) is 4.79 Å². The first-order chi connectivity index (χ1) is 20.0. The molecule has 0 spiro atoms. The van der Waals surface area contributed by atoms with Gasteiger partial charge in [0.15, 0.2) is 6.54 Å². The second-order valence-electron chi connectivity index (χ2n) is 13.0. The maximum Gasteiger partial charge on any atom is 0.278 e. The van der Waals surface area contributed by atoms with Crippen LogP contribution in [0.2, 0.25) is 0 Å². The molecule has 7 heteroatoms. The fourth-order valence-corrected chi connectivity index (χ4v) is 6.47. The number of fused-ring (bicyclic) bond motifs is 6. The predicted molar refractivity (Wildman–Crippen MR) is 178 cm³/mol. The summed E-state index contributed by atoms with van der Waals surface area (Å²) in [5.74, 6) is 1.21. The minimum absolute atomic E-state index is 0. The molecule has 1 aromatic heterocycles. The summed E-state index contributed by atoms with van der Waals surface area (Å²) in [5, 5.41) is 4.89. The summed E-state index contributed by atoms with van der Waals surface area (Å²) in [5.41, 5.74) is 4.50. The Morgan fingerprint density at radius 3 is 1.91 bits per heavy atom. The standard InChI is InChI=1S/C36H46N5O.BrH/c1-25(2)40(26(3)4)33(42)24-41(7,8)23-13-22-39-35-32-17-12-10-15-30(32)29-14-9-11-16-31(29)34(35)37-36(39)27-18-20-28(21-19-27)38(5)6;/h9-12,14-21,25-26H,13,22-24H2,1-8H3;1H/q+1;/p-1. The first-order valence-corrected chi connectivity index (χ1v) is 15.2. The lowest BCUT2D eigenvalue weighted by Gasteiger charge is -2.35. The zero-order chi connectivity index (χ0) is 30.2. The number of rotatable bonds is 10. The van der Waals surface area contributed by atoms with Gasteiger partial charge in [-0.3, -0.25) is 4.79 Å². The largest absolute Gasteiger partial charge is 1.00 e. The molecule has 0 radical (unpaired) electrons. The van der Waals surface area contributed by atoms with E-state index in [1.807, 2.05) is 4.90 Å². The number of halogens is 1. The number of likely N-dealkylation sites (N-methyl/N-ethyl adjacent to an activating group) is 1. The van der Waals surface area contributed by atoms with Gasteiger partial charge in [0.1, 0.15) is 5.82 Å². The third-order valence-electron chi connectivity index (χ3n) is 8.37. The van der Waals surface area contributed by atoms with E-state index in [0.717, 1.165) is 42.1 Å². The molecular formula is C36H46BrN5O. The molecular weight excluding hydrogens is 598 g/mol. The second-order valence-corrected chi connectivity index (χ2v) is 13.0. The zero-order valence-electron chi connectivity index (χ0n) is 26.9. The molecule has 43 heavy (non-hydrogen) atoms. The Morgan fingerprint density at radius 2 is 1.35 bits per heavy atom. The lowest BCUT2D eigenvalue weighted by Crippen LogP contribution is -3.00. The monoisotopic (exact) mass is 643 g/mol. The highest BCUT2D eigenvalue weighted by Crippen LogP contribution is 2.37. The first-order valence-electron chi connectivity index (χ1n) is 15.2. The molecule has 0 N–H and O–H groups in total. The number of hydrogen-bond acceptors (Lipinski definition) is 3. The number of benzene rings is 4. The minimum Gasteiger partial charge on any atom is -1.00 e. The van der Waals surface area contributed by atoms with Crippen molar-refractivity contribution < 1.29 is 26.3 Å². The van der Waals surface area contributed by atoms with Crippen LogP contribution in [-0.4, -0.2) is 78.2 Å². The van der Waals surface area contributed by atoms with Crippen molar-refractivity contribution in [2.45, 2.75) is 52.7 Å². The number of amides is 1. The Kier molecular flexibility index (Phi) is 9.87. The summed E-state index contributed by atoms with van der Waals surface area (Å²) < 4.78 is 3.07. The van der Waals surface area contributed by atoms with Crippen molar-refractivity contribution >= 4 is 44.2 Å². The van der Waals surface area contributed by atoms with Gasteiger partial charge in [0, 0.05) is 61.2 Å². The Balaban J connectivity index is 0.00000423. The van der Waals surface area contributed by atoms with E-state index in [0.29, 0.717) is 11.0 Å². The Morgan fingerprint density at radius 1 is 0.814 bits per heavy atom. The molecule has 0 aliphatic heterocycles. The van der Waals surface area contributed by atoms with Crippen LogP contribution in [0.25, 0.3) is 44.0 Å². The smallest absolute Gasteiger partial charge is 0.278 e. The van der Waals surface area contributed by atoms with E-state index in [-0.39, 0.29) is 35.0 Å². The molecule has 6 nitrogen and oxygen atoms in total. The van der Waals surface area contributed by atoms with E-state index >= 15 is 0 Å². The molecule has 0 unspecified atom stereocenters. The van der Waals surface area contributed by atoms with Gasteiger partial charge in [-0.25, -0.2) is 4.98 Å². The number of hydrogen-bond donors (Lipinski definition) is 0. The topological polar surface area (TPSA) is 41.4 Å². The number of imidazole rings is 1. The molecule has 1 amide bonds. The molecule has 0 saturated heterocycles. The van der Waals surface area contributed by atoms with Crippen LogP contribution in [0.3, 0.4) is 0 Å². The highest BCUT2D eigenvalue weighted by atomic mass is 79.9. The van der Waals surface area contributed by atoms with Crippen LogP contribution in [0.1, 0.15) is 34.1 Å². The quantitative estimate of drug-likeness (QED) is 0.169. The molecule has 0 atom stereocenters. The van der Waals surface area contributed by atoms with Gasteiger partial charge < -0.3 is 35.8 Å². The summed E-state index contributed by atoms with van der Waals surface area (Å²) in [6.45, 7) is 10.6. The number of aromatic nitrogens is 2. The van der Waals surface area contributed by atoms with Crippen LogP contribution in [0, 0.1) is 0 Å². The van der Waals surface area contributed by atoms with Crippen LogP contribution in [0.15, 0.2) is 72.8 Å². The summed E-state index contributed by atoms with van der Waals surface area (Å²) in [4.78, 5) is 22.8. The van der Waals surface area contributed by atoms with Crippen LogP contribution < -0.4 is 21.9 Å². The van der Waals surface area contributed by atoms with Crippen molar-refractivity contribution in [3.63, 3.8) is 0 Å². The van der Waals surface area contributed by atoms with Gasteiger partial charge in [-0.1, -0.05) is 48.5 Å². The fraction of sp³-hybridized carbons (Fsp3) is 0.389. The number of carbonyl (C=O) groups excluding carboxylic acids is 1. The zero-order valence-corrected chi connectivity index (χ0v) is 28.5. The van der Waals surface area contributed by atoms with Crippen molar-refractivity contribution in [2.24, 2.45) is 0 Å². The maximum atomic E-state index is 13.3. The van der Waals surface area contributed by atoms with Gasteiger partial charge in [0.25, 0.3) is 5.91 Å². The number of quaternary nitrogens is 1. The lowest BCUT2D eigenvalue weighted by atomic mass is 10.00. The van der Waals surface area contributed by atoms with Gasteiger partial charge >= 0.3 is 0 Å². The van der Waals surface area contributed by atoms with Crippen LogP contribution in [0.4, 0.5) is 5.69 Å². The normalized spacial score (nSPS) is 12.0. The van der Waals surface area contributed by atoms with Crippen molar-refractivity contribution in [2.75, 3.05) is 46.2 Å². The molecule has 0 fully saturated rings. The van der Waals surface area contributed by atoms with E-state index in [4.69, 9.17) is 4.98 Å². The minimum atomic E-state index is 0. The molecule has 0 saturated carbocycles. The highest BCUT2D eigenvalue weighted by Gasteiger charge is 2.28. The molecule has 5 rings (SSSR count). The fourth-order valence-electron chi connectivity index (χ4n) is 6.47. The summed E-state index contributed by atoms with van der Waals surface area (Å²) >= 11 is 0. The van der Waals surface area contributed by atoms with Gasteiger partial charge in [0.05, 0.1) is 31.7 Å². The summed E-state index contributed by atoms with van der Waals surface area (Å²) in [7, 11) is 8.47. The summed E-state index contributed by atoms with van der Waals surface area (Å²) in [6.07, 6.45) is 0.930. The van der Waals surface area contributed by atoms with Crippen molar-refractivity contribution in [3.8, 4) is 11.4 Å². The van der Waals surface area contributed by atoms with Crippen molar-refractivity contribution in [3.05, 3.63) is 72.8 Å². The van der Waals surface area contributed by atoms with Crippen molar-refractivity contribution in [1.82, 2.24) is 14.5 Å². The van der Waals surface area contributed by atoms with E-state index in [1.165, 1.54) is 27.1 Å². The molecule has 5 aromatic rings. The van der Waals surface area contributed by atoms with Crippen LogP contribution in [0.5, 0.6) is 0 Å². The Hall–Kier alpha value is -3.42. The Bertz CT molecular complexity index is 1710. The predicted octanol–water partition coefficient (Wildman–Crippen LogP) is 4.19. The molecule has 4 aromatic carbocycles. The van der Waals surface area contributed by atoms with E-state index in [1.54, 1.807) is 0 Å². The van der Waals surface area contributed by atoms with Crippen LogP contribution in [-0.2, 0) is 11.3 Å². The van der Waals surface area contributed by atoms with E-state index in [2.05, 4.69) is 138 Å². The maximum absolute atomic E-state index is 13.3. The Labute approximate surface area is 267 Å². The molecule has 0 aliphatic carbocycles. The van der Waals surface area contributed by atoms with Gasteiger partial charge in [-0.2, -0.15) is 0 Å². The van der Waals surface area contributed by atoms with Gasteiger partial charge in [-0.15, -0.1) is 0 Å². The van der Waals surface area contributed by atoms with Crippen LogP contribution >= 0.6 is 0 Å². The number of nitrogens with zero attached hydrogens (tertiary/aromatic N) is 5. The average Bonchev–Trinajstić information content (AvgIpc) is 3.32. The molecule has 0 aliphatic rings. The number of aryl methyl sites for hydroxylation is 1.